The van der Waals surface area contributed by atoms with E-state index in [9.17, 15) is 12.8 Å². The summed E-state index contributed by atoms with van der Waals surface area (Å²) >= 11 is 0. The van der Waals surface area contributed by atoms with Crippen LogP contribution >= 0.6 is 0 Å². The van der Waals surface area contributed by atoms with Crippen molar-refractivity contribution in [2.45, 2.75) is 25.3 Å². The highest BCUT2D eigenvalue weighted by atomic mass is 32.2. The summed E-state index contributed by atoms with van der Waals surface area (Å²) in [4.78, 5) is 4.15. The summed E-state index contributed by atoms with van der Waals surface area (Å²) in [6.07, 6.45) is 0. The topological polar surface area (TPSA) is 85.1 Å². The Balaban J connectivity index is 2.38. The van der Waals surface area contributed by atoms with Crippen LogP contribution in [0.4, 0.5) is 10.1 Å². The third-order valence-corrected chi connectivity index (χ3v) is 4.38. The Labute approximate surface area is 123 Å². The Hall–Kier alpha value is -1.99. The van der Waals surface area contributed by atoms with Crippen molar-refractivity contribution in [1.82, 2.24) is 4.98 Å². The monoisotopic (exact) mass is 309 g/mol. The molecular formula is C14H16FN3O2S. The van der Waals surface area contributed by atoms with Crippen LogP contribution < -0.4 is 10.5 Å². The predicted molar refractivity (Wildman–Crippen MR) is 78.8 cm³/mol. The van der Waals surface area contributed by atoms with Crippen LogP contribution in [0.15, 0.2) is 35.2 Å². The van der Waals surface area contributed by atoms with E-state index in [4.69, 9.17) is 5.73 Å². The summed E-state index contributed by atoms with van der Waals surface area (Å²) in [7, 11) is -3.81. The van der Waals surface area contributed by atoms with Gasteiger partial charge >= 0.3 is 0 Å². The lowest BCUT2D eigenvalue weighted by molar-refractivity contribution is 0.596. The normalized spacial score (nSPS) is 11.4. The molecule has 0 spiro atoms. The molecule has 1 heterocycles. The van der Waals surface area contributed by atoms with E-state index in [1.54, 1.807) is 19.1 Å². The van der Waals surface area contributed by atoms with Gasteiger partial charge in [-0.1, -0.05) is 0 Å². The molecule has 0 aliphatic heterocycles. The van der Waals surface area contributed by atoms with Crippen LogP contribution in [-0.2, 0) is 16.6 Å². The molecule has 0 fully saturated rings. The fraction of sp³-hybridized carbons (Fsp3) is 0.214. The molecule has 1 aromatic heterocycles. The van der Waals surface area contributed by atoms with Gasteiger partial charge < -0.3 is 5.73 Å². The van der Waals surface area contributed by atoms with E-state index in [2.05, 4.69) is 9.71 Å². The molecule has 2 rings (SSSR count). The van der Waals surface area contributed by atoms with Gasteiger partial charge in [0.2, 0.25) is 0 Å². The number of aromatic nitrogens is 1. The number of nitrogens with two attached hydrogens (primary N) is 1. The Morgan fingerprint density at radius 1 is 1.24 bits per heavy atom. The van der Waals surface area contributed by atoms with Gasteiger partial charge in [-0.3, -0.25) is 9.71 Å². The first kappa shape index (κ1) is 15.4. The van der Waals surface area contributed by atoms with Crippen LogP contribution in [0.3, 0.4) is 0 Å². The van der Waals surface area contributed by atoms with Crippen LogP contribution in [0.25, 0.3) is 0 Å². The SMILES string of the molecule is Cc1ccc(NS(=O)(=O)c2ccc(F)c(CN)c2)c(C)n1. The van der Waals surface area contributed by atoms with E-state index in [1.807, 2.05) is 6.92 Å². The minimum absolute atomic E-state index is 0.0377. The lowest BCUT2D eigenvalue weighted by Crippen LogP contribution is -2.15. The molecule has 0 bridgehead atoms. The fourth-order valence-electron chi connectivity index (χ4n) is 1.87. The number of nitrogens with one attached hydrogen (secondary N) is 1. The Bertz CT molecular complexity index is 776. The molecule has 2 aromatic rings. The third kappa shape index (κ3) is 3.37. The van der Waals surface area contributed by atoms with Crippen LogP contribution in [0.5, 0.6) is 0 Å². The van der Waals surface area contributed by atoms with Crippen molar-refractivity contribution in [3.8, 4) is 0 Å². The molecule has 0 saturated carbocycles. The van der Waals surface area contributed by atoms with E-state index in [-0.39, 0.29) is 17.0 Å². The van der Waals surface area contributed by atoms with Gasteiger partial charge in [-0.15, -0.1) is 0 Å². The van der Waals surface area contributed by atoms with Gasteiger partial charge in [0.25, 0.3) is 10.0 Å². The molecule has 0 radical (unpaired) electrons. The number of hydrogen-bond donors (Lipinski definition) is 2. The van der Waals surface area contributed by atoms with Gasteiger partial charge in [-0.2, -0.15) is 0 Å². The lowest BCUT2D eigenvalue weighted by Gasteiger charge is -2.11. The smallest absolute Gasteiger partial charge is 0.261 e. The van der Waals surface area contributed by atoms with E-state index >= 15 is 0 Å². The summed E-state index contributed by atoms with van der Waals surface area (Å²) in [5.41, 5.74) is 7.29. The molecule has 0 aliphatic carbocycles. The zero-order valence-corrected chi connectivity index (χ0v) is 12.5. The van der Waals surface area contributed by atoms with Crippen molar-refractivity contribution in [2.24, 2.45) is 5.73 Å². The maximum atomic E-state index is 13.4. The summed E-state index contributed by atoms with van der Waals surface area (Å²) in [6.45, 7) is 3.46. The molecule has 0 aliphatic rings. The molecule has 7 heteroatoms. The molecule has 3 N–H and O–H groups in total. The highest BCUT2D eigenvalue weighted by Crippen LogP contribution is 2.20. The van der Waals surface area contributed by atoms with Crippen molar-refractivity contribution in [3.05, 3.63) is 53.1 Å². The predicted octanol–water partition coefficient (Wildman–Crippen LogP) is 2.10. The Morgan fingerprint density at radius 2 is 1.95 bits per heavy atom. The molecule has 5 nitrogen and oxygen atoms in total. The first-order valence-corrected chi connectivity index (χ1v) is 7.77. The first-order valence-electron chi connectivity index (χ1n) is 6.29. The van der Waals surface area contributed by atoms with Gasteiger partial charge in [-0.25, -0.2) is 12.8 Å². The second kappa shape index (κ2) is 5.79. The van der Waals surface area contributed by atoms with Gasteiger partial charge in [0, 0.05) is 17.8 Å². The summed E-state index contributed by atoms with van der Waals surface area (Å²) in [5, 5.41) is 0. The second-order valence-corrected chi connectivity index (χ2v) is 6.33. The van der Waals surface area contributed by atoms with Crippen molar-refractivity contribution in [1.29, 1.82) is 0 Å². The largest absolute Gasteiger partial charge is 0.326 e. The van der Waals surface area contributed by atoms with E-state index in [0.29, 0.717) is 11.4 Å². The number of rotatable bonds is 4. The number of nitrogens with zero attached hydrogens (tertiary/aromatic N) is 1. The minimum Gasteiger partial charge on any atom is -0.326 e. The van der Waals surface area contributed by atoms with Crippen molar-refractivity contribution in [3.63, 3.8) is 0 Å². The highest BCUT2D eigenvalue weighted by molar-refractivity contribution is 7.92. The zero-order valence-electron chi connectivity index (χ0n) is 11.7. The average molecular weight is 309 g/mol. The highest BCUT2D eigenvalue weighted by Gasteiger charge is 2.17. The fourth-order valence-corrected chi connectivity index (χ4v) is 3.04. The molecule has 0 amide bonds. The quantitative estimate of drug-likeness (QED) is 0.905. The van der Waals surface area contributed by atoms with E-state index < -0.39 is 15.8 Å². The average Bonchev–Trinajstić information content (AvgIpc) is 2.42. The molecule has 21 heavy (non-hydrogen) atoms. The standard InChI is InChI=1S/C14H16FN3O2S/c1-9-3-6-14(10(2)17-9)18-21(19,20)12-4-5-13(15)11(7-12)8-16/h3-7,18H,8,16H2,1-2H3. The summed E-state index contributed by atoms with van der Waals surface area (Å²) in [6, 6.07) is 6.88. The third-order valence-electron chi connectivity index (χ3n) is 3.02. The van der Waals surface area contributed by atoms with Crippen LogP contribution in [0.1, 0.15) is 17.0 Å². The zero-order chi connectivity index (χ0) is 15.6. The van der Waals surface area contributed by atoms with E-state index in [1.165, 1.54) is 12.1 Å². The van der Waals surface area contributed by atoms with Crippen LogP contribution in [-0.4, -0.2) is 13.4 Å². The maximum Gasteiger partial charge on any atom is 0.261 e. The number of hydrogen-bond acceptors (Lipinski definition) is 4. The number of halogens is 1. The summed E-state index contributed by atoms with van der Waals surface area (Å²) < 4.78 is 40.5. The first-order chi connectivity index (χ1) is 9.83. The second-order valence-electron chi connectivity index (χ2n) is 4.65. The van der Waals surface area contributed by atoms with Gasteiger partial charge in [-0.05, 0) is 44.2 Å². The van der Waals surface area contributed by atoms with E-state index in [0.717, 1.165) is 11.8 Å². The maximum absolute atomic E-state index is 13.4. The van der Waals surface area contributed by atoms with Crippen LogP contribution in [0.2, 0.25) is 0 Å². The number of aryl methyl sites for hydroxylation is 2. The molecule has 0 atom stereocenters. The number of anilines is 1. The van der Waals surface area contributed by atoms with Crippen molar-refractivity contribution < 1.29 is 12.8 Å². The number of pyridine rings is 1. The molecule has 1 aromatic carbocycles. The number of benzene rings is 1. The molecule has 112 valence electrons. The molecular weight excluding hydrogens is 293 g/mol. The minimum atomic E-state index is -3.81. The summed E-state index contributed by atoms with van der Waals surface area (Å²) in [5.74, 6) is -0.523. The van der Waals surface area contributed by atoms with Crippen LogP contribution in [0, 0.1) is 19.7 Å². The lowest BCUT2D eigenvalue weighted by atomic mass is 10.2. The van der Waals surface area contributed by atoms with Gasteiger partial charge in [0.05, 0.1) is 16.3 Å². The van der Waals surface area contributed by atoms with Crippen molar-refractivity contribution in [2.75, 3.05) is 4.72 Å². The Morgan fingerprint density at radius 3 is 2.57 bits per heavy atom. The Kier molecular flexibility index (Phi) is 4.24. The van der Waals surface area contributed by atoms with Gasteiger partial charge in [0.1, 0.15) is 5.82 Å². The molecule has 0 saturated heterocycles. The van der Waals surface area contributed by atoms with Gasteiger partial charge in [0.15, 0.2) is 0 Å². The number of sulfonamides is 1. The molecule has 0 unspecified atom stereocenters. The van der Waals surface area contributed by atoms with Crippen molar-refractivity contribution >= 4 is 15.7 Å².